The first kappa shape index (κ1) is 22.1. The van der Waals surface area contributed by atoms with Gasteiger partial charge in [-0.3, -0.25) is 9.79 Å². The lowest BCUT2D eigenvalue weighted by Crippen LogP contribution is -2.47. The van der Waals surface area contributed by atoms with Gasteiger partial charge in [0.1, 0.15) is 0 Å². The summed E-state index contributed by atoms with van der Waals surface area (Å²) >= 11 is 2.05. The maximum absolute atomic E-state index is 11.9. The third-order valence-corrected chi connectivity index (χ3v) is 5.45. The molecule has 140 valence electrons. The zero-order chi connectivity index (χ0) is 17.4. The van der Waals surface area contributed by atoms with Crippen LogP contribution in [0.1, 0.15) is 36.2 Å². The van der Waals surface area contributed by atoms with E-state index in [1.807, 2.05) is 38.2 Å². The van der Waals surface area contributed by atoms with Crippen LogP contribution in [-0.2, 0) is 6.54 Å². The second-order valence-corrected chi connectivity index (χ2v) is 7.22. The Balaban J connectivity index is 0.00000312. The first-order valence-corrected chi connectivity index (χ1v) is 9.67. The predicted octanol–water partition coefficient (Wildman–Crippen LogP) is 2.96. The summed E-state index contributed by atoms with van der Waals surface area (Å²) in [5, 5.41) is 6.95. The van der Waals surface area contributed by atoms with Gasteiger partial charge in [-0.25, -0.2) is 0 Å². The summed E-state index contributed by atoms with van der Waals surface area (Å²) in [5.74, 6) is 2.06. The number of rotatable bonds is 5. The molecule has 1 aliphatic heterocycles. The fourth-order valence-electron chi connectivity index (χ4n) is 2.76. The third-order valence-electron chi connectivity index (χ3n) is 4.08. The fraction of sp³-hybridized carbons (Fsp3) is 0.556. The Hall–Kier alpha value is -0.960. The highest BCUT2D eigenvalue weighted by Crippen LogP contribution is 2.21. The van der Waals surface area contributed by atoms with E-state index in [0.29, 0.717) is 23.9 Å². The van der Waals surface area contributed by atoms with Gasteiger partial charge in [0.05, 0.1) is 0 Å². The van der Waals surface area contributed by atoms with Crippen molar-refractivity contribution in [3.63, 3.8) is 0 Å². The molecule has 2 rings (SSSR count). The van der Waals surface area contributed by atoms with Crippen LogP contribution in [0.4, 0.5) is 0 Å². The Morgan fingerprint density at radius 2 is 2.16 bits per heavy atom. The van der Waals surface area contributed by atoms with E-state index in [1.165, 1.54) is 6.42 Å². The van der Waals surface area contributed by atoms with Gasteiger partial charge in [0.15, 0.2) is 5.96 Å². The number of carbonyl (C=O) groups excluding carboxylic acids is 1. The van der Waals surface area contributed by atoms with Crippen LogP contribution in [0.15, 0.2) is 29.3 Å². The van der Waals surface area contributed by atoms with Crippen LogP contribution < -0.4 is 10.6 Å². The second kappa shape index (κ2) is 11.6. The van der Waals surface area contributed by atoms with Gasteiger partial charge in [-0.2, -0.15) is 11.8 Å². The Morgan fingerprint density at radius 3 is 2.84 bits per heavy atom. The lowest BCUT2D eigenvalue weighted by atomic mass is 10.1. The van der Waals surface area contributed by atoms with Crippen molar-refractivity contribution in [1.82, 2.24) is 15.5 Å². The quantitative estimate of drug-likeness (QED) is 0.390. The summed E-state index contributed by atoms with van der Waals surface area (Å²) in [7, 11) is 1.83. The summed E-state index contributed by atoms with van der Waals surface area (Å²) in [6.45, 7) is 7.54. The molecule has 1 aliphatic rings. The number of benzene rings is 1. The number of guanidine groups is 1. The van der Waals surface area contributed by atoms with Crippen molar-refractivity contribution in [3.8, 4) is 0 Å². The molecule has 0 aromatic heterocycles. The summed E-state index contributed by atoms with van der Waals surface area (Å²) in [6, 6.07) is 7.74. The highest BCUT2D eigenvalue weighted by atomic mass is 127. The lowest BCUT2D eigenvalue weighted by molar-refractivity contribution is 0.0955. The maximum atomic E-state index is 11.9. The number of hydrogen-bond acceptors (Lipinski definition) is 3. The molecule has 2 N–H and O–H groups in total. The lowest BCUT2D eigenvalue weighted by Gasteiger charge is -2.34. The van der Waals surface area contributed by atoms with E-state index in [-0.39, 0.29) is 29.9 Å². The Kier molecular flexibility index (Phi) is 10.3. The highest BCUT2D eigenvalue weighted by Gasteiger charge is 2.21. The van der Waals surface area contributed by atoms with Crippen molar-refractivity contribution in [2.45, 2.75) is 32.1 Å². The van der Waals surface area contributed by atoms with Crippen molar-refractivity contribution < 1.29 is 4.79 Å². The Morgan fingerprint density at radius 1 is 1.36 bits per heavy atom. The number of nitrogens with zero attached hydrogens (tertiary/aromatic N) is 2. The Bertz CT molecular complexity index is 582. The summed E-state index contributed by atoms with van der Waals surface area (Å²) in [5.41, 5.74) is 1.78. The minimum Gasteiger partial charge on any atom is -0.352 e. The number of nitrogens with one attached hydrogen (secondary N) is 2. The van der Waals surface area contributed by atoms with Crippen LogP contribution in [0.5, 0.6) is 0 Å². The second-order valence-electron chi connectivity index (χ2n) is 5.81. The van der Waals surface area contributed by atoms with Gasteiger partial charge in [-0.1, -0.05) is 19.1 Å². The van der Waals surface area contributed by atoms with E-state index < -0.39 is 0 Å². The highest BCUT2D eigenvalue weighted by molar-refractivity contribution is 14.0. The van der Waals surface area contributed by atoms with Crippen molar-refractivity contribution in [1.29, 1.82) is 0 Å². The van der Waals surface area contributed by atoms with Gasteiger partial charge in [-0.15, -0.1) is 24.0 Å². The largest absolute Gasteiger partial charge is 0.352 e. The van der Waals surface area contributed by atoms with Crippen LogP contribution >= 0.6 is 35.7 Å². The molecule has 1 atom stereocenters. The minimum absolute atomic E-state index is 0. The molecule has 0 spiro atoms. The first-order chi connectivity index (χ1) is 11.7. The molecule has 25 heavy (non-hydrogen) atoms. The van der Waals surface area contributed by atoms with Crippen molar-refractivity contribution in [3.05, 3.63) is 35.4 Å². The number of hydrogen-bond donors (Lipinski definition) is 2. The number of amides is 1. The van der Waals surface area contributed by atoms with Gasteiger partial charge >= 0.3 is 0 Å². The number of aliphatic imine (C=N–C) groups is 1. The predicted molar refractivity (Wildman–Crippen MR) is 118 cm³/mol. The Labute approximate surface area is 172 Å². The standard InChI is InChI=1S/C18H28N4OS.HI/c1-4-16-13-22(9-10-24-16)18(19-3)21-12-14-7-6-8-15(11-14)17(23)20-5-2;/h6-8,11,16H,4-5,9-10,12-13H2,1-3H3,(H,19,21)(H,20,23);1H. The van der Waals surface area contributed by atoms with Crippen LogP contribution in [-0.4, -0.2) is 54.5 Å². The molecule has 7 heteroatoms. The van der Waals surface area contributed by atoms with Crippen LogP contribution in [0.25, 0.3) is 0 Å². The summed E-state index contributed by atoms with van der Waals surface area (Å²) < 4.78 is 0. The average molecular weight is 476 g/mol. The molecule has 0 radical (unpaired) electrons. The molecule has 1 unspecified atom stereocenters. The van der Waals surface area contributed by atoms with Crippen LogP contribution in [0.2, 0.25) is 0 Å². The molecule has 1 amide bonds. The molecule has 0 saturated carbocycles. The molecule has 0 bridgehead atoms. The molecule has 5 nitrogen and oxygen atoms in total. The smallest absolute Gasteiger partial charge is 0.251 e. The van der Waals surface area contributed by atoms with E-state index >= 15 is 0 Å². The molecule has 1 heterocycles. The topological polar surface area (TPSA) is 56.7 Å². The van der Waals surface area contributed by atoms with Gasteiger partial charge in [0.2, 0.25) is 0 Å². The molecule has 1 aromatic carbocycles. The molecule has 1 fully saturated rings. The van der Waals surface area contributed by atoms with E-state index in [0.717, 1.165) is 30.4 Å². The zero-order valence-corrected chi connectivity index (χ0v) is 18.4. The molecular formula is C18H29IN4OS. The van der Waals surface area contributed by atoms with Crippen molar-refractivity contribution in [2.24, 2.45) is 4.99 Å². The van der Waals surface area contributed by atoms with Crippen LogP contribution in [0, 0.1) is 0 Å². The number of thioether (sulfide) groups is 1. The van der Waals surface area contributed by atoms with Crippen molar-refractivity contribution >= 4 is 47.6 Å². The van der Waals surface area contributed by atoms with Gasteiger partial charge in [0, 0.05) is 49.8 Å². The van der Waals surface area contributed by atoms with Gasteiger partial charge in [0.25, 0.3) is 5.91 Å². The van der Waals surface area contributed by atoms with Gasteiger partial charge in [-0.05, 0) is 31.0 Å². The normalized spacial score (nSPS) is 17.6. The average Bonchev–Trinajstić information content (AvgIpc) is 2.63. The fourth-order valence-corrected chi connectivity index (χ4v) is 3.94. The molecule has 1 saturated heterocycles. The molecule has 1 aromatic rings. The monoisotopic (exact) mass is 476 g/mol. The van der Waals surface area contributed by atoms with E-state index in [9.17, 15) is 4.79 Å². The number of halogens is 1. The van der Waals surface area contributed by atoms with Gasteiger partial charge < -0.3 is 15.5 Å². The zero-order valence-electron chi connectivity index (χ0n) is 15.2. The van der Waals surface area contributed by atoms with E-state index in [2.05, 4.69) is 39.2 Å². The third kappa shape index (κ3) is 6.69. The van der Waals surface area contributed by atoms with E-state index in [4.69, 9.17) is 0 Å². The maximum Gasteiger partial charge on any atom is 0.251 e. The molecular weight excluding hydrogens is 447 g/mol. The first-order valence-electron chi connectivity index (χ1n) is 8.62. The number of carbonyl (C=O) groups is 1. The van der Waals surface area contributed by atoms with Crippen LogP contribution in [0.3, 0.4) is 0 Å². The summed E-state index contributed by atoms with van der Waals surface area (Å²) in [4.78, 5) is 18.7. The SMILES string of the molecule is CCNC(=O)c1cccc(CNC(=NC)N2CCSC(CC)C2)c1.I. The minimum atomic E-state index is -0.0254. The molecule has 0 aliphatic carbocycles. The van der Waals surface area contributed by atoms with Crippen molar-refractivity contribution in [2.75, 3.05) is 32.4 Å². The summed E-state index contributed by atoms with van der Waals surface area (Å²) in [6.07, 6.45) is 1.19. The van der Waals surface area contributed by atoms with E-state index in [1.54, 1.807) is 0 Å².